The van der Waals surface area contributed by atoms with Crippen LogP contribution in [-0.4, -0.2) is 35.7 Å². The predicted molar refractivity (Wildman–Crippen MR) is 151 cm³/mol. The molecule has 190 valence electrons. The van der Waals surface area contributed by atoms with Crippen LogP contribution in [0.25, 0.3) is 6.08 Å². The van der Waals surface area contributed by atoms with Crippen LogP contribution in [0.4, 0.5) is 0 Å². The molecule has 0 unspecified atom stereocenters. The Morgan fingerprint density at radius 3 is 2.58 bits per heavy atom. The highest BCUT2D eigenvalue weighted by Gasteiger charge is 2.33. The number of halogens is 3. The van der Waals surface area contributed by atoms with Crippen molar-refractivity contribution in [2.45, 2.75) is 26.9 Å². The maximum atomic E-state index is 12.4. The molecular weight excluding hydrogens is 640 g/mol. The fourth-order valence-electron chi connectivity index (χ4n) is 3.09. The van der Waals surface area contributed by atoms with E-state index in [1.807, 2.05) is 6.07 Å². The number of benzene rings is 2. The van der Waals surface area contributed by atoms with Crippen molar-refractivity contribution >= 4 is 80.6 Å². The molecule has 0 aliphatic carbocycles. The first-order valence-corrected chi connectivity index (χ1v) is 13.4. The van der Waals surface area contributed by atoms with Gasteiger partial charge in [-0.1, -0.05) is 48.0 Å². The van der Waals surface area contributed by atoms with E-state index >= 15 is 0 Å². The smallest absolute Gasteiger partial charge is 0.344 e. The Kier molecular flexibility index (Phi) is 10.1. The summed E-state index contributed by atoms with van der Waals surface area (Å²) in [5.41, 5.74) is 1.31. The lowest BCUT2D eigenvalue weighted by molar-refractivity contribution is -0.138. The average molecular weight is 662 g/mol. The number of hydrogen-bond donors (Lipinski definition) is 1. The standard InChI is InChI=1S/C25H22Cl2INO6S/c1-4-20(30)29-24-21(25(32)34-5-2)22(31)19(36-24)10-13-8-17(28)23(18(9-13)33-3)35-12-14-6-7-15(26)11-16(14)27/h6-11,31H,4-5,12H2,1-3H3/b19-10-,29-24?. The maximum absolute atomic E-state index is 12.4. The Hall–Kier alpha value is -2.21. The highest BCUT2D eigenvalue weighted by molar-refractivity contribution is 14.1. The second-order valence-electron chi connectivity index (χ2n) is 7.28. The van der Waals surface area contributed by atoms with Gasteiger partial charge < -0.3 is 19.3 Å². The van der Waals surface area contributed by atoms with Gasteiger partial charge in [-0.2, -0.15) is 0 Å². The zero-order valence-electron chi connectivity index (χ0n) is 19.6. The molecule has 0 radical (unpaired) electrons. The number of rotatable bonds is 8. The van der Waals surface area contributed by atoms with E-state index < -0.39 is 11.9 Å². The number of carbonyl (C=O) groups is 2. The van der Waals surface area contributed by atoms with E-state index in [0.29, 0.717) is 32.0 Å². The zero-order chi connectivity index (χ0) is 26.4. The zero-order valence-corrected chi connectivity index (χ0v) is 24.0. The minimum atomic E-state index is -0.745. The molecule has 0 aromatic heterocycles. The van der Waals surface area contributed by atoms with E-state index in [1.165, 1.54) is 7.11 Å². The second-order valence-corrected chi connectivity index (χ2v) is 10.3. The summed E-state index contributed by atoms with van der Waals surface area (Å²) in [6.45, 7) is 3.64. The molecule has 1 aliphatic rings. The van der Waals surface area contributed by atoms with Crippen molar-refractivity contribution in [3.8, 4) is 11.5 Å². The van der Waals surface area contributed by atoms with Crippen LogP contribution >= 0.6 is 57.6 Å². The summed E-state index contributed by atoms with van der Waals surface area (Å²) in [7, 11) is 1.52. The van der Waals surface area contributed by atoms with Crippen molar-refractivity contribution < 1.29 is 28.9 Å². The lowest BCUT2D eigenvalue weighted by Gasteiger charge is -2.14. The Labute approximate surface area is 236 Å². The van der Waals surface area contributed by atoms with Crippen molar-refractivity contribution in [2.24, 2.45) is 4.99 Å². The summed E-state index contributed by atoms with van der Waals surface area (Å²) in [5.74, 6) is -0.468. The minimum absolute atomic E-state index is 0.102. The monoisotopic (exact) mass is 661 g/mol. The van der Waals surface area contributed by atoms with Gasteiger partial charge in [0.15, 0.2) is 11.5 Å². The van der Waals surface area contributed by atoms with E-state index in [-0.39, 0.29) is 36.0 Å². The van der Waals surface area contributed by atoms with Crippen LogP contribution in [0.5, 0.6) is 11.5 Å². The Morgan fingerprint density at radius 2 is 1.94 bits per heavy atom. The number of aliphatic hydroxyl groups excluding tert-OH is 1. The van der Waals surface area contributed by atoms with Crippen molar-refractivity contribution in [2.75, 3.05) is 13.7 Å². The van der Waals surface area contributed by atoms with Crippen molar-refractivity contribution in [3.05, 3.63) is 71.3 Å². The molecule has 0 atom stereocenters. The first kappa shape index (κ1) is 28.4. The van der Waals surface area contributed by atoms with Crippen LogP contribution in [-0.2, 0) is 20.9 Å². The summed E-state index contributed by atoms with van der Waals surface area (Å²) in [6, 6.07) is 8.74. The summed E-state index contributed by atoms with van der Waals surface area (Å²) in [5, 5.41) is 11.9. The van der Waals surface area contributed by atoms with Crippen LogP contribution in [0.2, 0.25) is 10.0 Å². The van der Waals surface area contributed by atoms with E-state index in [0.717, 1.165) is 20.9 Å². The normalized spacial score (nSPS) is 15.5. The van der Waals surface area contributed by atoms with Crippen molar-refractivity contribution in [1.29, 1.82) is 0 Å². The molecule has 1 aliphatic heterocycles. The van der Waals surface area contributed by atoms with Crippen molar-refractivity contribution in [1.82, 2.24) is 0 Å². The Bertz CT molecular complexity index is 1290. The largest absolute Gasteiger partial charge is 0.506 e. The van der Waals surface area contributed by atoms with E-state index in [4.69, 9.17) is 37.4 Å². The number of carbonyl (C=O) groups excluding carboxylic acids is 2. The Balaban J connectivity index is 1.94. The topological polar surface area (TPSA) is 94.4 Å². The number of thioether (sulfide) groups is 1. The van der Waals surface area contributed by atoms with Crippen LogP contribution in [0.3, 0.4) is 0 Å². The van der Waals surface area contributed by atoms with E-state index in [2.05, 4.69) is 27.6 Å². The molecule has 1 N–H and O–H groups in total. The van der Waals surface area contributed by atoms with Gasteiger partial charge >= 0.3 is 5.97 Å². The van der Waals surface area contributed by atoms with Crippen LogP contribution in [0, 0.1) is 3.57 Å². The van der Waals surface area contributed by atoms with Gasteiger partial charge in [0, 0.05) is 22.0 Å². The first-order valence-electron chi connectivity index (χ1n) is 10.7. The fourth-order valence-corrected chi connectivity index (χ4v) is 5.36. The number of methoxy groups -OCH3 is 1. The molecule has 2 aromatic rings. The molecule has 0 saturated heterocycles. The fraction of sp³-hybridized carbons (Fsp3) is 0.240. The number of aliphatic hydroxyl groups is 1. The number of ether oxygens (including phenoxy) is 3. The highest BCUT2D eigenvalue weighted by Crippen LogP contribution is 2.41. The van der Waals surface area contributed by atoms with E-state index in [9.17, 15) is 14.7 Å². The van der Waals surface area contributed by atoms with Crippen LogP contribution in [0.1, 0.15) is 31.4 Å². The lowest BCUT2D eigenvalue weighted by Crippen LogP contribution is -2.14. The average Bonchev–Trinajstić information content (AvgIpc) is 3.13. The summed E-state index contributed by atoms with van der Waals surface area (Å²) in [6.07, 6.45) is 1.83. The molecule has 1 amide bonds. The highest BCUT2D eigenvalue weighted by atomic mass is 127. The molecule has 1 heterocycles. The third-order valence-electron chi connectivity index (χ3n) is 4.84. The van der Waals surface area contributed by atoms with Crippen molar-refractivity contribution in [3.63, 3.8) is 0 Å². The molecule has 3 rings (SSSR count). The van der Waals surface area contributed by atoms with Crippen LogP contribution in [0.15, 0.2) is 51.6 Å². The molecule has 2 aromatic carbocycles. The van der Waals surface area contributed by atoms with Gasteiger partial charge in [-0.05, 0) is 65.4 Å². The minimum Gasteiger partial charge on any atom is -0.506 e. The third kappa shape index (κ3) is 6.76. The summed E-state index contributed by atoms with van der Waals surface area (Å²) >= 11 is 15.4. The SMILES string of the molecule is CCOC(=O)C1=C(O)/C(=C/c2cc(I)c(OCc3ccc(Cl)cc3Cl)c(OC)c2)SC1=NC(=O)CC. The number of esters is 1. The second kappa shape index (κ2) is 12.8. The quantitative estimate of drug-likeness (QED) is 0.241. The third-order valence-corrected chi connectivity index (χ3v) is 7.24. The van der Waals surface area contributed by atoms with Crippen LogP contribution < -0.4 is 9.47 Å². The van der Waals surface area contributed by atoms with Gasteiger partial charge in [-0.15, -0.1) is 0 Å². The van der Waals surface area contributed by atoms with Gasteiger partial charge in [-0.3, -0.25) is 4.79 Å². The number of hydrogen-bond acceptors (Lipinski definition) is 7. The van der Waals surface area contributed by atoms with E-state index in [1.54, 1.807) is 44.2 Å². The molecule has 0 spiro atoms. The molecular formula is C25H22Cl2INO6S. The molecule has 0 bridgehead atoms. The van der Waals surface area contributed by atoms with Gasteiger partial charge in [0.25, 0.3) is 0 Å². The predicted octanol–water partition coefficient (Wildman–Crippen LogP) is 6.98. The van der Waals surface area contributed by atoms with Gasteiger partial charge in [0.1, 0.15) is 23.0 Å². The van der Waals surface area contributed by atoms with Gasteiger partial charge in [-0.25, -0.2) is 9.79 Å². The van der Waals surface area contributed by atoms with Gasteiger partial charge in [0.2, 0.25) is 5.91 Å². The summed E-state index contributed by atoms with van der Waals surface area (Å²) < 4.78 is 17.3. The maximum Gasteiger partial charge on any atom is 0.344 e. The molecule has 11 heteroatoms. The number of nitrogens with zero attached hydrogens (tertiary/aromatic N) is 1. The lowest BCUT2D eigenvalue weighted by atomic mass is 10.1. The van der Waals surface area contributed by atoms with Gasteiger partial charge in [0.05, 0.1) is 22.2 Å². The molecule has 7 nitrogen and oxygen atoms in total. The number of amides is 1. The first-order chi connectivity index (χ1) is 17.2. The molecule has 0 saturated carbocycles. The summed E-state index contributed by atoms with van der Waals surface area (Å²) in [4.78, 5) is 28.7. The number of aliphatic imine (C=N–C) groups is 1. The molecule has 0 fully saturated rings. The molecule has 36 heavy (non-hydrogen) atoms. The Morgan fingerprint density at radius 1 is 1.19 bits per heavy atom.